The van der Waals surface area contributed by atoms with E-state index in [1.165, 1.54) is 43.2 Å². The lowest BCUT2D eigenvalue weighted by Gasteiger charge is -2.24. The molecule has 0 saturated carbocycles. The number of hydrogen-bond donors (Lipinski definition) is 5. The molecule has 2 atom stereocenters. The number of amides is 2. The van der Waals surface area contributed by atoms with E-state index in [2.05, 4.69) is 40.1 Å². The Bertz CT molecular complexity index is 3740. The smallest absolute Gasteiger partial charge is 0.410 e. The van der Waals surface area contributed by atoms with Gasteiger partial charge < -0.3 is 42.2 Å². The number of aromatic amines is 1. The van der Waals surface area contributed by atoms with Crippen molar-refractivity contribution in [1.82, 2.24) is 69.5 Å². The first-order chi connectivity index (χ1) is 37.5. The van der Waals surface area contributed by atoms with Crippen LogP contribution in [0.1, 0.15) is 66.5 Å². The number of aromatic nitrogens is 12. The van der Waals surface area contributed by atoms with Gasteiger partial charge in [-0.05, 0) is 90.8 Å². The van der Waals surface area contributed by atoms with Crippen LogP contribution in [0.4, 0.5) is 44.1 Å². The van der Waals surface area contributed by atoms with Crippen LogP contribution < -0.4 is 22.9 Å². The maximum absolute atomic E-state index is 12.4. The number of H-pyrrole nitrogens is 1. The number of anilines is 4. The van der Waals surface area contributed by atoms with Gasteiger partial charge in [0.05, 0.1) is 43.8 Å². The normalized spacial score (nSPS) is 15.4. The van der Waals surface area contributed by atoms with Crippen LogP contribution in [0.2, 0.25) is 0 Å². The molecule has 0 unspecified atom stereocenters. The van der Waals surface area contributed by atoms with Crippen molar-refractivity contribution in [1.29, 1.82) is 0 Å². The Morgan fingerprint density at radius 2 is 0.962 bits per heavy atom. The van der Waals surface area contributed by atoms with E-state index >= 15 is 0 Å². The number of nitrogens with one attached hydrogen (secondary N) is 1. The van der Waals surface area contributed by atoms with Crippen LogP contribution in [0.15, 0.2) is 91.8 Å². The van der Waals surface area contributed by atoms with Crippen molar-refractivity contribution in [2.75, 3.05) is 49.1 Å². The molecule has 0 aliphatic carbocycles. The number of non-ortho nitro benzene ring substituents is 2. The number of nitro benzene ring substituents is 2. The number of nitro groups is 2. The van der Waals surface area contributed by atoms with E-state index in [-0.39, 0.29) is 41.5 Å². The molecule has 3 aromatic carbocycles. The molecule has 9 aromatic rings. The van der Waals surface area contributed by atoms with Crippen molar-refractivity contribution in [2.24, 2.45) is 0 Å². The van der Waals surface area contributed by atoms with Crippen LogP contribution in [0, 0.1) is 20.2 Å². The molecule has 2 fully saturated rings. The largest absolute Gasteiger partial charge is 0.444 e. The van der Waals surface area contributed by atoms with Gasteiger partial charge in [-0.3, -0.25) is 25.3 Å². The van der Waals surface area contributed by atoms with Gasteiger partial charge in [0.1, 0.15) is 59.0 Å². The SMILES string of the molecule is CC(C)(C)OC(=O)N1CC[C@H](n2nc(-c3ccc(N)cc3)c3c(N)ncnc32)C1.CC(C)(C)OC(=O)N1CC[C@H](n2nc(-c3ccc([N+](=O)[O-])cc3)c3c(N)ncnc32)C1.Nc1ncnc2n[nH]c(-c3ccc([N+](=O)[O-])cc3)c12. The number of nitrogen functional groups attached to an aromatic ring is 4. The molecule has 28 heteroatoms. The second-order valence-corrected chi connectivity index (χ2v) is 20.5. The Hall–Kier alpha value is -10.2. The number of rotatable bonds is 7. The number of hydrogen-bond acceptors (Lipinski definition) is 21. The van der Waals surface area contributed by atoms with E-state index in [1.807, 2.05) is 70.5 Å². The number of carbonyl (C=O) groups is 2. The first kappa shape index (κ1) is 53.7. The molecule has 6 aromatic heterocycles. The third-order valence-electron chi connectivity index (χ3n) is 12.6. The van der Waals surface area contributed by atoms with Gasteiger partial charge in [0.15, 0.2) is 16.9 Å². The fourth-order valence-electron chi connectivity index (χ4n) is 8.99. The maximum atomic E-state index is 12.4. The second-order valence-electron chi connectivity index (χ2n) is 20.5. The number of nitrogens with two attached hydrogens (primary N) is 4. The van der Waals surface area contributed by atoms with Crippen LogP contribution in [-0.2, 0) is 9.47 Å². The van der Waals surface area contributed by atoms with E-state index < -0.39 is 21.0 Å². The molecular formula is C51H56N20O8. The number of ether oxygens (including phenoxy) is 2. The second kappa shape index (κ2) is 21.5. The summed E-state index contributed by atoms with van der Waals surface area (Å²) in [6.07, 6.45) is 4.89. The van der Waals surface area contributed by atoms with E-state index in [4.69, 9.17) is 42.6 Å². The highest BCUT2D eigenvalue weighted by molar-refractivity contribution is 6.00. The number of benzene rings is 3. The minimum absolute atomic E-state index is 0.0134. The fraction of sp³-hybridized carbons (Fsp3) is 0.314. The predicted molar refractivity (Wildman–Crippen MR) is 293 cm³/mol. The number of fused-ring (bicyclic) bond motifs is 3. The van der Waals surface area contributed by atoms with E-state index in [9.17, 15) is 29.8 Å². The molecule has 0 bridgehead atoms. The van der Waals surface area contributed by atoms with Crippen molar-refractivity contribution in [3.05, 3.63) is 112 Å². The van der Waals surface area contributed by atoms with Crippen LogP contribution in [0.5, 0.6) is 0 Å². The van der Waals surface area contributed by atoms with Gasteiger partial charge in [0.2, 0.25) is 0 Å². The molecule has 11 rings (SSSR count). The zero-order valence-electron chi connectivity index (χ0n) is 43.8. The van der Waals surface area contributed by atoms with E-state index in [0.29, 0.717) is 106 Å². The van der Waals surface area contributed by atoms with E-state index in [0.717, 1.165) is 17.5 Å². The number of nitrogens with zero attached hydrogens (tertiary/aromatic N) is 15. The van der Waals surface area contributed by atoms with Gasteiger partial charge in [-0.1, -0.05) is 12.1 Å². The van der Waals surface area contributed by atoms with Crippen LogP contribution in [0.3, 0.4) is 0 Å². The van der Waals surface area contributed by atoms with E-state index in [1.54, 1.807) is 38.7 Å². The lowest BCUT2D eigenvalue weighted by molar-refractivity contribution is -0.385. The maximum Gasteiger partial charge on any atom is 0.410 e. The van der Waals surface area contributed by atoms with Crippen molar-refractivity contribution in [3.63, 3.8) is 0 Å². The molecule has 0 spiro atoms. The zero-order chi connectivity index (χ0) is 56.5. The third-order valence-corrected chi connectivity index (χ3v) is 12.6. The molecular weight excluding hydrogens is 1020 g/mol. The van der Waals surface area contributed by atoms with Crippen LogP contribution in [-0.4, -0.2) is 129 Å². The van der Waals surface area contributed by atoms with Gasteiger partial charge in [-0.15, -0.1) is 0 Å². The lowest BCUT2D eigenvalue weighted by atomic mass is 10.1. The Morgan fingerprint density at radius 1 is 0.570 bits per heavy atom. The molecule has 2 amide bonds. The van der Waals surface area contributed by atoms with Gasteiger partial charge >= 0.3 is 12.2 Å². The Labute approximate surface area is 449 Å². The van der Waals surface area contributed by atoms with Crippen LogP contribution >= 0.6 is 0 Å². The van der Waals surface area contributed by atoms with Crippen molar-refractivity contribution >= 4 is 79.8 Å². The summed E-state index contributed by atoms with van der Waals surface area (Å²) in [4.78, 5) is 73.8. The number of carbonyl (C=O) groups excluding carboxylic acids is 2. The Morgan fingerprint density at radius 3 is 1.38 bits per heavy atom. The summed E-state index contributed by atoms with van der Waals surface area (Å²) in [6.45, 7) is 13.1. The minimum atomic E-state index is -0.571. The van der Waals surface area contributed by atoms with Crippen LogP contribution in [0.25, 0.3) is 66.9 Å². The van der Waals surface area contributed by atoms with Crippen molar-refractivity contribution in [2.45, 2.75) is 77.7 Å². The Balaban J connectivity index is 0.000000148. The van der Waals surface area contributed by atoms with Crippen molar-refractivity contribution in [3.8, 4) is 33.8 Å². The summed E-state index contributed by atoms with van der Waals surface area (Å²) in [7, 11) is 0. The fourth-order valence-corrected chi connectivity index (χ4v) is 8.99. The average Bonchev–Trinajstić information content (AvgIpc) is 4.48. The molecule has 408 valence electrons. The highest BCUT2D eigenvalue weighted by atomic mass is 16.6. The summed E-state index contributed by atoms with van der Waals surface area (Å²) in [5.41, 5.74) is 29.3. The standard InChI is InChI=1S/C20H23N7O4.C20H25N7O2.C11H8N6O2/c1-20(2,3)31-19(28)25-9-8-14(10-25)26-18-15(17(21)22-11-23-18)16(24-26)12-4-6-13(7-5-12)27(29)30;1-20(2,3)29-19(28)26-9-8-14(10-26)27-18-15(17(22)23-11-24-18)16(25-27)12-4-6-13(21)7-5-12;12-10-8-9(15-16-11(8)14-5-13-10)6-1-3-7(4-2-6)17(18)19/h4-7,11,14H,8-10H2,1-3H3,(H2,21,22,23);4-7,11,14H,8-10,21H2,1-3H3,(H2,22,23,24);1-5H,(H3,12,13,14,15,16)/t2*14-;/m00./s1. The summed E-state index contributed by atoms with van der Waals surface area (Å²) in [5, 5.41) is 39.9. The van der Waals surface area contributed by atoms with Gasteiger partial charge in [-0.25, -0.2) is 48.9 Å². The van der Waals surface area contributed by atoms with Gasteiger partial charge in [-0.2, -0.15) is 15.3 Å². The topological polar surface area (TPSA) is 391 Å². The number of likely N-dealkylation sites (tertiary alicyclic amines) is 2. The summed E-state index contributed by atoms with van der Waals surface area (Å²) in [5.74, 6) is 0.953. The molecule has 0 radical (unpaired) electrons. The predicted octanol–water partition coefficient (Wildman–Crippen LogP) is 7.52. The van der Waals surface area contributed by atoms with Crippen molar-refractivity contribution < 1.29 is 28.9 Å². The quantitative estimate of drug-likeness (QED) is 0.0585. The lowest BCUT2D eigenvalue weighted by Crippen LogP contribution is -2.35. The molecule has 8 heterocycles. The molecule has 9 N–H and O–H groups in total. The summed E-state index contributed by atoms with van der Waals surface area (Å²) < 4.78 is 14.6. The zero-order valence-corrected chi connectivity index (χ0v) is 43.8. The molecule has 2 saturated heterocycles. The first-order valence-electron chi connectivity index (χ1n) is 24.8. The molecule has 2 aliphatic heterocycles. The first-order valence-corrected chi connectivity index (χ1v) is 24.8. The average molecular weight is 1080 g/mol. The molecule has 79 heavy (non-hydrogen) atoms. The monoisotopic (exact) mass is 1080 g/mol. The van der Waals surface area contributed by atoms with Gasteiger partial charge in [0, 0.05) is 72.8 Å². The highest BCUT2D eigenvalue weighted by Crippen LogP contribution is 2.37. The van der Waals surface area contributed by atoms with Gasteiger partial charge in [0.25, 0.3) is 11.4 Å². The Kier molecular flexibility index (Phi) is 14.6. The summed E-state index contributed by atoms with van der Waals surface area (Å²) >= 11 is 0. The molecule has 2 aliphatic rings. The summed E-state index contributed by atoms with van der Waals surface area (Å²) in [6, 6.07) is 19.5. The third kappa shape index (κ3) is 11.7. The highest BCUT2D eigenvalue weighted by Gasteiger charge is 2.35. The minimum Gasteiger partial charge on any atom is -0.444 e. The molecule has 28 nitrogen and oxygen atoms in total.